The summed E-state index contributed by atoms with van der Waals surface area (Å²) in [4.78, 5) is 28.8. The number of anilines is 1. The summed E-state index contributed by atoms with van der Waals surface area (Å²) < 4.78 is 18.1. The Morgan fingerprint density at radius 3 is 2.48 bits per heavy atom. The van der Waals surface area contributed by atoms with Gasteiger partial charge in [-0.3, -0.25) is 14.0 Å². The average molecular weight is 458 g/mol. The smallest absolute Gasteiger partial charge is 0.269 e. The van der Waals surface area contributed by atoms with Crippen LogP contribution in [0, 0.1) is 3.95 Å². The Balaban J connectivity index is 1.81. The van der Waals surface area contributed by atoms with Gasteiger partial charge in [0.05, 0.1) is 31.7 Å². The topological polar surface area (TPSA) is 94.1 Å². The third-order valence-electron chi connectivity index (χ3n) is 4.66. The standard InChI is InChI=1S/C21H19N3O5S2/c1-4-29-12-7-5-11(6-8-12)22-20(26)17-18-23-19(25)13-9-15(27-2)16(28-3)10-14(13)24(18)21(30)31-17/h5-10H,4H2,1-3H3,(H,22,26)(H,23,25). The number of rotatable bonds is 6. The number of methoxy groups -OCH3 is 2. The van der Waals surface area contributed by atoms with Crippen molar-refractivity contribution in [2.45, 2.75) is 6.92 Å². The maximum absolute atomic E-state index is 13.0. The molecule has 1 amide bonds. The van der Waals surface area contributed by atoms with Crippen molar-refractivity contribution in [3.63, 3.8) is 0 Å². The van der Waals surface area contributed by atoms with E-state index in [1.54, 1.807) is 40.8 Å². The molecule has 31 heavy (non-hydrogen) atoms. The quantitative estimate of drug-likeness (QED) is 0.421. The van der Waals surface area contributed by atoms with Crippen LogP contribution in [0.1, 0.15) is 16.6 Å². The van der Waals surface area contributed by atoms with Gasteiger partial charge in [-0.2, -0.15) is 0 Å². The molecule has 8 nitrogen and oxygen atoms in total. The molecule has 0 radical (unpaired) electrons. The zero-order valence-corrected chi connectivity index (χ0v) is 18.6. The van der Waals surface area contributed by atoms with Crippen molar-refractivity contribution in [2.75, 3.05) is 26.1 Å². The minimum atomic E-state index is -0.377. The number of hydrogen-bond donors (Lipinski definition) is 2. The molecule has 0 unspecified atom stereocenters. The molecule has 4 aromatic rings. The highest BCUT2D eigenvalue weighted by Gasteiger charge is 2.20. The Kier molecular flexibility index (Phi) is 5.66. The van der Waals surface area contributed by atoms with Gasteiger partial charge >= 0.3 is 0 Å². The van der Waals surface area contributed by atoms with E-state index in [4.69, 9.17) is 26.4 Å². The van der Waals surface area contributed by atoms with E-state index in [2.05, 4.69) is 10.3 Å². The Morgan fingerprint density at radius 1 is 1.16 bits per heavy atom. The van der Waals surface area contributed by atoms with Gasteiger partial charge < -0.3 is 24.5 Å². The summed E-state index contributed by atoms with van der Waals surface area (Å²) in [6.07, 6.45) is 0. The third kappa shape index (κ3) is 3.75. The van der Waals surface area contributed by atoms with Gasteiger partial charge in [-0.05, 0) is 49.5 Å². The Bertz CT molecular complexity index is 1400. The third-order valence-corrected chi connectivity index (χ3v) is 6.03. The van der Waals surface area contributed by atoms with Gasteiger partial charge in [0.25, 0.3) is 11.5 Å². The number of ether oxygens (including phenoxy) is 3. The minimum Gasteiger partial charge on any atom is -0.494 e. The second-order valence-corrected chi connectivity index (χ2v) is 8.12. The highest BCUT2D eigenvalue weighted by Crippen LogP contribution is 2.32. The second-order valence-electron chi connectivity index (χ2n) is 6.47. The molecule has 0 bridgehead atoms. The van der Waals surface area contributed by atoms with Crippen molar-refractivity contribution in [2.24, 2.45) is 0 Å². The van der Waals surface area contributed by atoms with Gasteiger partial charge in [0, 0.05) is 11.8 Å². The van der Waals surface area contributed by atoms with Crippen LogP contribution in [0.2, 0.25) is 0 Å². The lowest BCUT2D eigenvalue weighted by Crippen LogP contribution is -2.15. The van der Waals surface area contributed by atoms with E-state index in [9.17, 15) is 9.59 Å². The number of benzene rings is 2. The van der Waals surface area contributed by atoms with E-state index >= 15 is 0 Å². The lowest BCUT2D eigenvalue weighted by Gasteiger charge is -2.10. The second kappa shape index (κ2) is 8.40. The summed E-state index contributed by atoms with van der Waals surface area (Å²) in [5, 5.41) is 3.20. The van der Waals surface area contributed by atoms with E-state index in [1.165, 1.54) is 14.2 Å². The van der Waals surface area contributed by atoms with E-state index in [-0.39, 0.29) is 11.5 Å². The molecular formula is C21H19N3O5S2. The number of H-pyrrole nitrogens is 1. The predicted octanol–water partition coefficient (Wildman–Crippen LogP) is 4.24. The molecule has 4 rings (SSSR count). The molecule has 160 valence electrons. The predicted molar refractivity (Wildman–Crippen MR) is 123 cm³/mol. The summed E-state index contributed by atoms with van der Waals surface area (Å²) in [6.45, 7) is 2.46. The fraction of sp³-hybridized carbons (Fsp3) is 0.190. The first-order valence-electron chi connectivity index (χ1n) is 9.34. The minimum absolute atomic E-state index is 0.299. The van der Waals surface area contributed by atoms with E-state index in [0.29, 0.717) is 54.9 Å². The Morgan fingerprint density at radius 2 is 1.84 bits per heavy atom. The number of aromatic amines is 1. The van der Waals surface area contributed by atoms with E-state index in [0.717, 1.165) is 11.3 Å². The van der Waals surface area contributed by atoms with E-state index in [1.807, 2.05) is 6.92 Å². The maximum atomic E-state index is 13.0. The van der Waals surface area contributed by atoms with Gasteiger partial charge in [0.15, 0.2) is 15.5 Å². The summed E-state index contributed by atoms with van der Waals surface area (Å²) in [5.74, 6) is 1.22. The van der Waals surface area contributed by atoms with Crippen molar-refractivity contribution in [1.29, 1.82) is 0 Å². The first-order valence-corrected chi connectivity index (χ1v) is 10.6. The van der Waals surface area contributed by atoms with Crippen LogP contribution in [0.4, 0.5) is 5.69 Å². The molecule has 2 N–H and O–H groups in total. The van der Waals surface area contributed by atoms with Crippen molar-refractivity contribution < 1.29 is 19.0 Å². The highest BCUT2D eigenvalue weighted by molar-refractivity contribution is 7.73. The molecule has 10 heteroatoms. The van der Waals surface area contributed by atoms with Crippen LogP contribution < -0.4 is 25.1 Å². The highest BCUT2D eigenvalue weighted by atomic mass is 32.1. The van der Waals surface area contributed by atoms with Crippen LogP contribution in [0.3, 0.4) is 0 Å². The van der Waals surface area contributed by atoms with Crippen LogP contribution in [0.15, 0.2) is 41.2 Å². The summed E-state index contributed by atoms with van der Waals surface area (Å²) in [6, 6.07) is 10.3. The lowest BCUT2D eigenvalue weighted by molar-refractivity contribution is 0.103. The molecule has 0 fully saturated rings. The number of hydrogen-bond acceptors (Lipinski definition) is 7. The summed E-state index contributed by atoms with van der Waals surface area (Å²) >= 11 is 6.62. The molecule has 0 saturated carbocycles. The lowest BCUT2D eigenvalue weighted by atomic mass is 10.2. The van der Waals surface area contributed by atoms with E-state index < -0.39 is 0 Å². The SMILES string of the molecule is CCOc1ccc(NC(=O)c2sc(=S)n3c2[nH]c(=O)c2cc(OC)c(OC)cc23)cc1. The first kappa shape index (κ1) is 20.9. The molecule has 0 aliphatic carbocycles. The number of carbonyl (C=O) groups is 1. The van der Waals surface area contributed by atoms with Crippen LogP contribution in [0.5, 0.6) is 17.2 Å². The number of nitrogens with one attached hydrogen (secondary N) is 2. The zero-order chi connectivity index (χ0) is 22.1. The van der Waals surface area contributed by atoms with Crippen molar-refractivity contribution >= 4 is 51.7 Å². The first-order chi connectivity index (χ1) is 15.0. The number of thiazole rings is 1. The molecule has 0 aliphatic rings. The Labute approximate surface area is 186 Å². The van der Waals surface area contributed by atoms with Crippen molar-refractivity contribution in [3.05, 3.63) is 55.6 Å². The number of amides is 1. The fourth-order valence-corrected chi connectivity index (χ4v) is 4.54. The molecule has 0 atom stereocenters. The van der Waals surface area contributed by atoms with Crippen molar-refractivity contribution in [1.82, 2.24) is 9.38 Å². The van der Waals surface area contributed by atoms with Gasteiger partial charge in [-0.1, -0.05) is 11.3 Å². The van der Waals surface area contributed by atoms with Crippen LogP contribution in [-0.4, -0.2) is 36.1 Å². The molecular weight excluding hydrogens is 438 g/mol. The molecule has 2 aromatic carbocycles. The molecule has 0 saturated heterocycles. The monoisotopic (exact) mass is 457 g/mol. The Hall–Kier alpha value is -3.37. The van der Waals surface area contributed by atoms with Crippen LogP contribution in [0.25, 0.3) is 16.6 Å². The van der Waals surface area contributed by atoms with Gasteiger partial charge in [-0.15, -0.1) is 0 Å². The van der Waals surface area contributed by atoms with Crippen LogP contribution in [-0.2, 0) is 0 Å². The summed E-state index contributed by atoms with van der Waals surface area (Å²) in [5.41, 5.74) is 1.08. The fourth-order valence-electron chi connectivity index (χ4n) is 3.26. The normalized spacial score (nSPS) is 10.9. The van der Waals surface area contributed by atoms with Gasteiger partial charge in [-0.25, -0.2) is 0 Å². The molecule has 2 heterocycles. The van der Waals surface area contributed by atoms with Crippen LogP contribution >= 0.6 is 23.6 Å². The molecule has 0 aliphatic heterocycles. The number of nitrogens with zero attached hydrogens (tertiary/aromatic N) is 1. The largest absolute Gasteiger partial charge is 0.494 e. The molecule has 0 spiro atoms. The maximum Gasteiger partial charge on any atom is 0.269 e. The molecule has 2 aromatic heterocycles. The number of aromatic nitrogens is 2. The number of carbonyl (C=O) groups excluding carboxylic acids is 1. The van der Waals surface area contributed by atoms with Crippen molar-refractivity contribution in [3.8, 4) is 17.2 Å². The zero-order valence-electron chi connectivity index (χ0n) is 17.0. The number of fused-ring (bicyclic) bond motifs is 3. The van der Waals surface area contributed by atoms with Gasteiger partial charge in [0.1, 0.15) is 16.3 Å². The average Bonchev–Trinajstić information content (AvgIpc) is 3.10. The summed E-state index contributed by atoms with van der Waals surface area (Å²) in [7, 11) is 3.01. The van der Waals surface area contributed by atoms with Gasteiger partial charge in [0.2, 0.25) is 0 Å².